The molecule has 1 saturated heterocycles. The summed E-state index contributed by atoms with van der Waals surface area (Å²) in [5.74, 6) is 0.271. The van der Waals surface area contributed by atoms with E-state index < -0.39 is 0 Å². The summed E-state index contributed by atoms with van der Waals surface area (Å²) in [6, 6.07) is 10.3. The predicted octanol–water partition coefficient (Wildman–Crippen LogP) is 3.74. The summed E-state index contributed by atoms with van der Waals surface area (Å²) >= 11 is 0. The SMILES string of the molecule is CC(C)C(=O)C=C(c1ccccc1)N1CCCCC1. The number of benzene rings is 1. The number of carbonyl (C=O) groups is 1. The zero-order valence-electron chi connectivity index (χ0n) is 11.9. The molecule has 2 nitrogen and oxygen atoms in total. The van der Waals surface area contributed by atoms with Crippen molar-refractivity contribution in [2.75, 3.05) is 13.1 Å². The minimum Gasteiger partial charge on any atom is -0.371 e. The number of piperidine rings is 1. The molecule has 19 heavy (non-hydrogen) atoms. The van der Waals surface area contributed by atoms with Gasteiger partial charge in [0.15, 0.2) is 5.78 Å². The Hall–Kier alpha value is -1.57. The minimum absolute atomic E-state index is 0.0588. The molecule has 1 aliphatic rings. The van der Waals surface area contributed by atoms with Crippen molar-refractivity contribution in [2.45, 2.75) is 33.1 Å². The van der Waals surface area contributed by atoms with E-state index in [1.54, 1.807) is 0 Å². The highest BCUT2D eigenvalue weighted by Gasteiger charge is 2.17. The van der Waals surface area contributed by atoms with Gasteiger partial charge < -0.3 is 4.90 Å². The summed E-state index contributed by atoms with van der Waals surface area (Å²) in [5.41, 5.74) is 2.25. The summed E-state index contributed by atoms with van der Waals surface area (Å²) in [5, 5.41) is 0. The second-order valence-electron chi connectivity index (χ2n) is 5.50. The van der Waals surface area contributed by atoms with Crippen molar-refractivity contribution in [3.8, 4) is 0 Å². The van der Waals surface area contributed by atoms with Gasteiger partial charge in [0, 0.05) is 30.8 Å². The standard InChI is InChI=1S/C17H23NO/c1-14(2)17(19)13-16(15-9-5-3-6-10-15)18-11-7-4-8-12-18/h3,5-6,9-10,13-14H,4,7-8,11-12H2,1-2H3. The molecular formula is C17H23NO. The first-order chi connectivity index (χ1) is 9.18. The Kier molecular flexibility index (Phi) is 4.78. The van der Waals surface area contributed by atoms with Crippen molar-refractivity contribution >= 4 is 11.5 Å². The highest BCUT2D eigenvalue weighted by Crippen LogP contribution is 2.24. The van der Waals surface area contributed by atoms with E-state index in [-0.39, 0.29) is 11.7 Å². The Morgan fingerprint density at radius 2 is 1.74 bits per heavy atom. The third kappa shape index (κ3) is 3.69. The fourth-order valence-corrected chi connectivity index (χ4v) is 2.40. The number of carbonyl (C=O) groups excluding carboxylic acids is 1. The monoisotopic (exact) mass is 257 g/mol. The van der Waals surface area contributed by atoms with Crippen molar-refractivity contribution in [1.29, 1.82) is 0 Å². The van der Waals surface area contributed by atoms with Crippen LogP contribution in [-0.4, -0.2) is 23.8 Å². The maximum atomic E-state index is 12.1. The number of hydrogen-bond donors (Lipinski definition) is 0. The average molecular weight is 257 g/mol. The highest BCUT2D eigenvalue weighted by atomic mass is 16.1. The van der Waals surface area contributed by atoms with Gasteiger partial charge in [-0.3, -0.25) is 4.79 Å². The van der Waals surface area contributed by atoms with Gasteiger partial charge in [-0.25, -0.2) is 0 Å². The summed E-state index contributed by atoms with van der Waals surface area (Å²) in [6.07, 6.45) is 5.59. The molecule has 0 amide bonds. The van der Waals surface area contributed by atoms with Gasteiger partial charge in [0.2, 0.25) is 0 Å². The Morgan fingerprint density at radius 1 is 1.11 bits per heavy atom. The molecule has 0 aromatic heterocycles. The molecule has 1 aromatic carbocycles. The topological polar surface area (TPSA) is 20.3 Å². The van der Waals surface area contributed by atoms with E-state index in [9.17, 15) is 4.79 Å². The number of rotatable bonds is 4. The van der Waals surface area contributed by atoms with E-state index in [2.05, 4.69) is 17.0 Å². The second-order valence-corrected chi connectivity index (χ2v) is 5.50. The van der Waals surface area contributed by atoms with E-state index >= 15 is 0 Å². The van der Waals surface area contributed by atoms with Crippen LogP contribution < -0.4 is 0 Å². The fourth-order valence-electron chi connectivity index (χ4n) is 2.40. The van der Waals surface area contributed by atoms with Gasteiger partial charge in [-0.2, -0.15) is 0 Å². The second kappa shape index (κ2) is 6.55. The molecule has 102 valence electrons. The number of ketones is 1. The molecule has 0 N–H and O–H groups in total. The molecule has 1 aliphatic heterocycles. The van der Waals surface area contributed by atoms with E-state index in [0.29, 0.717) is 0 Å². The Labute approximate surface area is 116 Å². The van der Waals surface area contributed by atoms with Crippen molar-refractivity contribution in [2.24, 2.45) is 5.92 Å². The van der Waals surface area contributed by atoms with Gasteiger partial charge in [-0.1, -0.05) is 44.2 Å². The van der Waals surface area contributed by atoms with E-state index in [0.717, 1.165) is 24.4 Å². The summed E-state index contributed by atoms with van der Waals surface area (Å²) in [6.45, 7) is 6.04. The number of allylic oxidation sites excluding steroid dienone is 1. The van der Waals surface area contributed by atoms with Crippen molar-refractivity contribution in [1.82, 2.24) is 4.90 Å². The first kappa shape index (κ1) is 13.9. The summed E-state index contributed by atoms with van der Waals surface area (Å²) in [4.78, 5) is 14.4. The average Bonchev–Trinajstić information content (AvgIpc) is 2.46. The minimum atomic E-state index is 0.0588. The Morgan fingerprint density at radius 3 is 2.32 bits per heavy atom. The molecule has 2 rings (SSSR count). The third-order valence-corrected chi connectivity index (χ3v) is 3.61. The van der Waals surface area contributed by atoms with Crippen LogP contribution in [0.2, 0.25) is 0 Å². The van der Waals surface area contributed by atoms with Crippen LogP contribution in [0.25, 0.3) is 5.70 Å². The van der Waals surface area contributed by atoms with Crippen LogP contribution in [0.4, 0.5) is 0 Å². The van der Waals surface area contributed by atoms with Gasteiger partial charge in [0.25, 0.3) is 0 Å². The van der Waals surface area contributed by atoms with E-state index in [4.69, 9.17) is 0 Å². The molecule has 0 unspecified atom stereocenters. The molecule has 1 fully saturated rings. The first-order valence-electron chi connectivity index (χ1n) is 7.24. The lowest BCUT2D eigenvalue weighted by molar-refractivity contribution is -0.117. The van der Waals surface area contributed by atoms with Crippen LogP contribution in [0.5, 0.6) is 0 Å². The molecule has 1 aromatic rings. The van der Waals surface area contributed by atoms with Crippen LogP contribution in [0.1, 0.15) is 38.7 Å². The fraction of sp³-hybridized carbons (Fsp3) is 0.471. The zero-order valence-corrected chi connectivity index (χ0v) is 11.9. The lowest BCUT2D eigenvalue weighted by Gasteiger charge is -2.31. The zero-order chi connectivity index (χ0) is 13.7. The first-order valence-corrected chi connectivity index (χ1v) is 7.24. The summed E-state index contributed by atoms with van der Waals surface area (Å²) < 4.78 is 0. The van der Waals surface area contributed by atoms with Gasteiger partial charge in [-0.15, -0.1) is 0 Å². The van der Waals surface area contributed by atoms with Gasteiger partial charge in [-0.05, 0) is 24.8 Å². The molecular weight excluding hydrogens is 234 g/mol. The van der Waals surface area contributed by atoms with Crippen LogP contribution in [0, 0.1) is 5.92 Å². The largest absolute Gasteiger partial charge is 0.371 e. The highest BCUT2D eigenvalue weighted by molar-refractivity contribution is 5.97. The van der Waals surface area contributed by atoms with Crippen LogP contribution in [-0.2, 0) is 4.79 Å². The molecule has 0 spiro atoms. The quantitative estimate of drug-likeness (QED) is 0.766. The molecule has 0 aliphatic carbocycles. The summed E-state index contributed by atoms with van der Waals surface area (Å²) in [7, 11) is 0. The van der Waals surface area contributed by atoms with Crippen LogP contribution >= 0.6 is 0 Å². The van der Waals surface area contributed by atoms with Crippen LogP contribution in [0.3, 0.4) is 0 Å². The maximum absolute atomic E-state index is 12.1. The lowest BCUT2D eigenvalue weighted by atomic mass is 10.0. The molecule has 0 saturated carbocycles. The molecule has 0 bridgehead atoms. The number of likely N-dealkylation sites (tertiary alicyclic amines) is 1. The molecule has 0 radical (unpaired) electrons. The van der Waals surface area contributed by atoms with Crippen molar-refractivity contribution < 1.29 is 4.79 Å². The molecule has 0 atom stereocenters. The normalized spacial score (nSPS) is 16.8. The maximum Gasteiger partial charge on any atom is 0.160 e. The molecule has 1 heterocycles. The molecule has 2 heteroatoms. The van der Waals surface area contributed by atoms with Crippen molar-refractivity contribution in [3.63, 3.8) is 0 Å². The number of nitrogens with zero attached hydrogens (tertiary/aromatic N) is 1. The third-order valence-electron chi connectivity index (χ3n) is 3.61. The smallest absolute Gasteiger partial charge is 0.160 e. The predicted molar refractivity (Wildman–Crippen MR) is 79.7 cm³/mol. The van der Waals surface area contributed by atoms with E-state index in [1.165, 1.54) is 19.3 Å². The van der Waals surface area contributed by atoms with Crippen LogP contribution in [0.15, 0.2) is 36.4 Å². The van der Waals surface area contributed by atoms with Gasteiger partial charge in [0.1, 0.15) is 0 Å². The van der Waals surface area contributed by atoms with E-state index in [1.807, 2.05) is 38.1 Å². The van der Waals surface area contributed by atoms with Crippen molar-refractivity contribution in [3.05, 3.63) is 42.0 Å². The van der Waals surface area contributed by atoms with Gasteiger partial charge in [0.05, 0.1) is 0 Å². The number of hydrogen-bond acceptors (Lipinski definition) is 2. The van der Waals surface area contributed by atoms with Gasteiger partial charge >= 0.3 is 0 Å². The Balaban J connectivity index is 2.30. The Bertz CT molecular complexity index is 442. The lowest BCUT2D eigenvalue weighted by Crippen LogP contribution is -2.29.